The zero-order chi connectivity index (χ0) is 22.8. The number of carbonyl (C=O) groups excluding carboxylic acids is 2. The third-order valence-electron chi connectivity index (χ3n) is 4.93. The zero-order valence-electron chi connectivity index (χ0n) is 19.1. The second kappa shape index (κ2) is 9.31. The van der Waals surface area contributed by atoms with Crippen molar-refractivity contribution in [1.82, 2.24) is 9.88 Å². The van der Waals surface area contributed by atoms with Crippen LogP contribution in [0.5, 0.6) is 5.75 Å². The van der Waals surface area contributed by atoms with E-state index in [4.69, 9.17) is 7.48 Å². The number of aromatic nitrogens is 1. The Bertz CT molecular complexity index is 981. The minimum atomic E-state index is -1.58. The Labute approximate surface area is 179 Å². The standard InChI is InChI=1S/C22H27N3O3S/c1-5-25(20-15(2)7-6-10-23-20)11-12-28-18-9-8-17(16(3)13-18)14-19-21(26)24(4)22(27)29-19/h6-10,13,19H,5,11-12,14H2,1-4H3/i5D2. The fourth-order valence-corrected chi connectivity index (χ4v) is 4.22. The normalized spacial score (nSPS) is 17.9. The van der Waals surface area contributed by atoms with Crippen LogP contribution in [0.3, 0.4) is 0 Å². The number of ether oxygens (including phenoxy) is 1. The Morgan fingerprint density at radius 1 is 1.28 bits per heavy atom. The monoisotopic (exact) mass is 415 g/mol. The number of carbonyl (C=O) groups is 2. The molecule has 2 heterocycles. The quantitative estimate of drug-likeness (QED) is 0.653. The first-order valence-electron chi connectivity index (χ1n) is 10.5. The van der Waals surface area contributed by atoms with E-state index in [-0.39, 0.29) is 16.4 Å². The number of benzene rings is 1. The van der Waals surface area contributed by atoms with E-state index < -0.39 is 6.50 Å². The lowest BCUT2D eigenvalue weighted by Crippen LogP contribution is -2.29. The number of pyridine rings is 1. The number of imide groups is 1. The molecule has 3 rings (SSSR count). The maximum Gasteiger partial charge on any atom is 0.288 e. The topological polar surface area (TPSA) is 62.7 Å². The lowest BCUT2D eigenvalue weighted by Gasteiger charge is -2.23. The molecule has 1 aliphatic rings. The van der Waals surface area contributed by atoms with Gasteiger partial charge in [0.05, 0.1) is 11.8 Å². The molecular weight excluding hydrogens is 386 g/mol. The van der Waals surface area contributed by atoms with E-state index in [1.54, 1.807) is 11.1 Å². The van der Waals surface area contributed by atoms with Crippen molar-refractivity contribution in [2.45, 2.75) is 32.4 Å². The molecule has 0 N–H and O–H groups in total. The largest absolute Gasteiger partial charge is 0.492 e. The highest BCUT2D eigenvalue weighted by Crippen LogP contribution is 2.30. The number of amides is 2. The molecule has 1 unspecified atom stereocenters. The summed E-state index contributed by atoms with van der Waals surface area (Å²) in [5.74, 6) is 1.12. The van der Waals surface area contributed by atoms with Crippen molar-refractivity contribution in [3.63, 3.8) is 0 Å². The van der Waals surface area contributed by atoms with Crippen molar-refractivity contribution in [1.29, 1.82) is 0 Å². The Kier molecular flexibility index (Phi) is 5.93. The predicted molar refractivity (Wildman–Crippen MR) is 117 cm³/mol. The molecule has 0 spiro atoms. The van der Waals surface area contributed by atoms with Gasteiger partial charge < -0.3 is 9.64 Å². The van der Waals surface area contributed by atoms with Gasteiger partial charge in [0.2, 0.25) is 5.91 Å². The summed E-state index contributed by atoms with van der Waals surface area (Å²) >= 11 is 1.07. The first kappa shape index (κ1) is 18.5. The van der Waals surface area contributed by atoms with Crippen molar-refractivity contribution in [3.8, 4) is 5.75 Å². The molecular formula is C22H27N3O3S. The summed E-state index contributed by atoms with van der Waals surface area (Å²) in [6.45, 7) is 4.40. The Hall–Kier alpha value is -2.54. The highest BCUT2D eigenvalue weighted by molar-refractivity contribution is 8.15. The van der Waals surface area contributed by atoms with Crippen molar-refractivity contribution in [2.24, 2.45) is 0 Å². The molecule has 0 radical (unpaired) electrons. The number of hydrogen-bond acceptors (Lipinski definition) is 6. The van der Waals surface area contributed by atoms with Crippen LogP contribution in [0.15, 0.2) is 36.5 Å². The molecule has 0 saturated carbocycles. The maximum absolute atomic E-state index is 12.1. The molecule has 1 aromatic heterocycles. The molecule has 1 saturated heterocycles. The summed E-state index contributed by atoms with van der Waals surface area (Å²) < 4.78 is 22.2. The van der Waals surface area contributed by atoms with Gasteiger partial charge >= 0.3 is 0 Å². The van der Waals surface area contributed by atoms with Crippen molar-refractivity contribution < 1.29 is 17.1 Å². The van der Waals surface area contributed by atoms with Gasteiger partial charge in [0.1, 0.15) is 18.2 Å². The molecule has 0 bridgehead atoms. The first-order valence-corrected chi connectivity index (χ1v) is 10.4. The van der Waals surface area contributed by atoms with Gasteiger partial charge in [-0.25, -0.2) is 4.98 Å². The molecule has 29 heavy (non-hydrogen) atoms. The van der Waals surface area contributed by atoms with E-state index in [1.807, 2.05) is 44.2 Å². The minimum absolute atomic E-state index is 0.159. The number of anilines is 1. The molecule has 1 atom stereocenters. The number of aryl methyl sites for hydroxylation is 2. The van der Waals surface area contributed by atoms with Crippen LogP contribution in [0.4, 0.5) is 10.6 Å². The van der Waals surface area contributed by atoms with Crippen molar-refractivity contribution in [2.75, 3.05) is 31.6 Å². The maximum atomic E-state index is 12.1. The number of nitrogens with zero attached hydrogens (tertiary/aromatic N) is 3. The fourth-order valence-electron chi connectivity index (χ4n) is 3.21. The van der Waals surface area contributed by atoms with E-state index >= 15 is 0 Å². The lowest BCUT2D eigenvalue weighted by atomic mass is 10.0. The van der Waals surface area contributed by atoms with Crippen LogP contribution in [0.2, 0.25) is 0 Å². The number of likely N-dealkylation sites (N-methyl/N-ethyl adjacent to an activating group) is 1. The van der Waals surface area contributed by atoms with E-state index in [0.717, 1.165) is 28.5 Å². The molecule has 154 valence electrons. The molecule has 2 amide bonds. The van der Waals surface area contributed by atoms with E-state index in [0.29, 0.717) is 31.1 Å². The third-order valence-corrected chi connectivity index (χ3v) is 6.06. The summed E-state index contributed by atoms with van der Waals surface area (Å²) in [5, 5.41) is -0.596. The highest BCUT2D eigenvalue weighted by atomic mass is 32.2. The summed E-state index contributed by atoms with van der Waals surface area (Å²) in [5.41, 5.74) is 2.88. The minimum Gasteiger partial charge on any atom is -0.492 e. The van der Waals surface area contributed by atoms with Crippen LogP contribution in [0, 0.1) is 13.8 Å². The number of thioether (sulfide) groups is 1. The van der Waals surface area contributed by atoms with Gasteiger partial charge in [-0.2, -0.15) is 0 Å². The van der Waals surface area contributed by atoms with Crippen LogP contribution in [0.1, 0.15) is 26.4 Å². The predicted octanol–water partition coefficient (Wildman–Crippen LogP) is 3.84. The average molecular weight is 416 g/mol. The molecule has 6 nitrogen and oxygen atoms in total. The summed E-state index contributed by atoms with van der Waals surface area (Å²) in [4.78, 5) is 31.0. The van der Waals surface area contributed by atoms with Gasteiger partial charge in [-0.15, -0.1) is 0 Å². The molecule has 0 aliphatic carbocycles. The van der Waals surface area contributed by atoms with Gasteiger partial charge in [-0.3, -0.25) is 14.5 Å². The summed E-state index contributed by atoms with van der Waals surface area (Å²) in [6.07, 6.45) is 2.15. The number of hydrogen-bond donors (Lipinski definition) is 0. The SMILES string of the molecule is [2H]C([2H])(C)N(CCOc1ccc(CC2SC(=O)N(C)C2=O)c(C)c1)c1ncccc1C. The Morgan fingerprint density at radius 3 is 2.69 bits per heavy atom. The summed E-state index contributed by atoms with van der Waals surface area (Å²) in [7, 11) is 1.51. The first-order chi connectivity index (χ1) is 14.6. The molecule has 1 aliphatic heterocycles. The Morgan fingerprint density at radius 2 is 2.07 bits per heavy atom. The smallest absolute Gasteiger partial charge is 0.288 e. The van der Waals surface area contributed by atoms with Crippen LogP contribution >= 0.6 is 11.8 Å². The molecule has 1 fully saturated rings. The van der Waals surface area contributed by atoms with Gasteiger partial charge in [0, 0.05) is 22.5 Å². The van der Waals surface area contributed by atoms with E-state index in [9.17, 15) is 9.59 Å². The van der Waals surface area contributed by atoms with Gasteiger partial charge in [0.15, 0.2) is 0 Å². The second-order valence-electron chi connectivity index (χ2n) is 6.93. The highest BCUT2D eigenvalue weighted by Gasteiger charge is 2.37. The zero-order valence-corrected chi connectivity index (χ0v) is 18.0. The van der Waals surface area contributed by atoms with Gasteiger partial charge in [0.25, 0.3) is 5.24 Å². The van der Waals surface area contributed by atoms with Crippen LogP contribution < -0.4 is 9.64 Å². The number of rotatable bonds is 8. The Balaban J connectivity index is 1.63. The van der Waals surface area contributed by atoms with E-state index in [2.05, 4.69) is 4.98 Å². The average Bonchev–Trinajstić information content (AvgIpc) is 2.94. The third kappa shape index (κ3) is 4.90. The van der Waals surface area contributed by atoms with Crippen molar-refractivity contribution in [3.05, 3.63) is 53.2 Å². The molecule has 1 aromatic carbocycles. The molecule has 7 heteroatoms. The van der Waals surface area contributed by atoms with Crippen LogP contribution in [-0.2, 0) is 11.2 Å². The van der Waals surface area contributed by atoms with Gasteiger partial charge in [-0.05, 0) is 62.1 Å². The summed E-state index contributed by atoms with van der Waals surface area (Å²) in [6, 6.07) is 9.40. The van der Waals surface area contributed by atoms with Crippen molar-refractivity contribution >= 4 is 28.7 Å². The second-order valence-corrected chi connectivity index (χ2v) is 8.08. The lowest BCUT2D eigenvalue weighted by molar-refractivity contribution is -0.125. The van der Waals surface area contributed by atoms with E-state index in [1.165, 1.54) is 18.9 Å². The molecule has 2 aromatic rings. The fraction of sp³-hybridized carbons (Fsp3) is 0.409. The van der Waals surface area contributed by atoms with Crippen LogP contribution in [0.25, 0.3) is 0 Å². The van der Waals surface area contributed by atoms with Crippen LogP contribution in [-0.4, -0.2) is 53.0 Å². The van der Waals surface area contributed by atoms with Gasteiger partial charge in [-0.1, -0.05) is 23.9 Å².